The Kier molecular flexibility index (Phi) is 4.28. The molecule has 0 spiro atoms. The van der Waals surface area contributed by atoms with Gasteiger partial charge in [0.05, 0.1) is 6.54 Å². The zero-order valence-electron chi connectivity index (χ0n) is 8.33. The largest absolute Gasteiger partial charge is 0.573 e. The molecule has 0 heterocycles. The maximum Gasteiger partial charge on any atom is 0.573 e. The Morgan fingerprint density at radius 2 is 2.06 bits per heavy atom. The van der Waals surface area contributed by atoms with Crippen LogP contribution in [0.25, 0.3) is 0 Å². The SMILES string of the molecule is O=NCCCc1cccc(OC(F)(F)F)c1. The van der Waals surface area contributed by atoms with Crippen LogP contribution in [0.15, 0.2) is 29.4 Å². The minimum absolute atomic E-state index is 0.157. The Morgan fingerprint density at radius 1 is 1.31 bits per heavy atom. The summed E-state index contributed by atoms with van der Waals surface area (Å²) in [6.07, 6.45) is -3.66. The summed E-state index contributed by atoms with van der Waals surface area (Å²) in [7, 11) is 0. The Balaban J connectivity index is 2.60. The minimum Gasteiger partial charge on any atom is -0.406 e. The second-order valence-electron chi connectivity index (χ2n) is 3.15. The van der Waals surface area contributed by atoms with Crippen molar-refractivity contribution in [3.63, 3.8) is 0 Å². The Morgan fingerprint density at radius 3 is 2.69 bits per heavy atom. The average Bonchev–Trinajstić information content (AvgIpc) is 2.16. The van der Waals surface area contributed by atoms with Crippen LogP contribution in [0.2, 0.25) is 0 Å². The molecular formula is C10H10F3NO2. The molecule has 1 aromatic rings. The number of alkyl halides is 3. The molecule has 1 aromatic carbocycles. The molecule has 0 radical (unpaired) electrons. The van der Waals surface area contributed by atoms with E-state index < -0.39 is 6.36 Å². The summed E-state index contributed by atoms with van der Waals surface area (Å²) in [5.41, 5.74) is 0.686. The van der Waals surface area contributed by atoms with Gasteiger partial charge in [-0.15, -0.1) is 13.2 Å². The molecule has 0 saturated carbocycles. The van der Waals surface area contributed by atoms with Crippen molar-refractivity contribution in [1.82, 2.24) is 0 Å². The van der Waals surface area contributed by atoms with Crippen LogP contribution in [-0.4, -0.2) is 12.9 Å². The fourth-order valence-corrected chi connectivity index (χ4v) is 1.25. The van der Waals surface area contributed by atoms with Gasteiger partial charge >= 0.3 is 6.36 Å². The summed E-state index contributed by atoms with van der Waals surface area (Å²) in [4.78, 5) is 9.83. The van der Waals surface area contributed by atoms with Crippen molar-refractivity contribution >= 4 is 0 Å². The second kappa shape index (κ2) is 5.48. The Bertz CT molecular complexity index is 352. The number of nitrogens with zero attached hydrogens (tertiary/aromatic N) is 1. The van der Waals surface area contributed by atoms with E-state index in [1.54, 1.807) is 6.07 Å². The lowest BCUT2D eigenvalue weighted by molar-refractivity contribution is -0.274. The molecule has 88 valence electrons. The molecule has 6 heteroatoms. The first kappa shape index (κ1) is 12.5. The summed E-state index contributed by atoms with van der Waals surface area (Å²) < 4.78 is 39.5. The molecule has 0 aliphatic carbocycles. The number of nitroso groups, excluding NO2 is 1. The summed E-state index contributed by atoms with van der Waals surface area (Å²) >= 11 is 0. The van der Waals surface area contributed by atoms with Crippen LogP contribution in [0, 0.1) is 4.91 Å². The standard InChI is InChI=1S/C10H10F3NO2/c11-10(12,13)16-9-5-1-3-8(7-9)4-2-6-14-15/h1,3,5,7H,2,4,6H2. The number of ether oxygens (including phenoxy) is 1. The van der Waals surface area contributed by atoms with Crippen molar-refractivity contribution in [3.05, 3.63) is 34.7 Å². The lowest BCUT2D eigenvalue weighted by Gasteiger charge is -2.09. The maximum absolute atomic E-state index is 11.9. The molecule has 1 rings (SSSR count). The molecule has 16 heavy (non-hydrogen) atoms. The maximum atomic E-state index is 11.9. The highest BCUT2D eigenvalue weighted by Gasteiger charge is 2.30. The van der Waals surface area contributed by atoms with Crippen molar-refractivity contribution in [2.75, 3.05) is 6.54 Å². The lowest BCUT2D eigenvalue weighted by Crippen LogP contribution is -2.17. The Labute approximate surface area is 90.2 Å². The summed E-state index contributed by atoms with van der Waals surface area (Å²) in [5, 5.41) is 2.67. The fraction of sp³-hybridized carbons (Fsp3) is 0.400. The van der Waals surface area contributed by atoms with Gasteiger partial charge in [0.25, 0.3) is 0 Å². The smallest absolute Gasteiger partial charge is 0.406 e. The van der Waals surface area contributed by atoms with E-state index in [1.165, 1.54) is 18.2 Å². The normalized spacial score (nSPS) is 11.2. The third-order valence-corrected chi connectivity index (χ3v) is 1.85. The molecule has 3 nitrogen and oxygen atoms in total. The summed E-state index contributed by atoms with van der Waals surface area (Å²) in [5.74, 6) is -0.246. The van der Waals surface area contributed by atoms with E-state index in [0.717, 1.165) is 0 Å². The first-order chi connectivity index (χ1) is 7.51. The highest BCUT2D eigenvalue weighted by atomic mass is 19.4. The quantitative estimate of drug-likeness (QED) is 0.578. The van der Waals surface area contributed by atoms with Gasteiger partial charge in [0.15, 0.2) is 0 Å². The predicted molar refractivity (Wildman–Crippen MR) is 52.1 cm³/mol. The highest BCUT2D eigenvalue weighted by molar-refractivity contribution is 5.28. The van der Waals surface area contributed by atoms with Crippen molar-refractivity contribution in [2.24, 2.45) is 5.18 Å². The van der Waals surface area contributed by atoms with Crippen LogP contribution < -0.4 is 4.74 Å². The van der Waals surface area contributed by atoms with E-state index in [-0.39, 0.29) is 12.3 Å². The monoisotopic (exact) mass is 233 g/mol. The van der Waals surface area contributed by atoms with Crippen LogP contribution >= 0.6 is 0 Å². The third-order valence-electron chi connectivity index (χ3n) is 1.85. The van der Waals surface area contributed by atoms with Crippen LogP contribution in [0.1, 0.15) is 12.0 Å². The van der Waals surface area contributed by atoms with Gasteiger partial charge in [-0.05, 0) is 30.5 Å². The summed E-state index contributed by atoms with van der Waals surface area (Å²) in [6.45, 7) is 0.157. The van der Waals surface area contributed by atoms with E-state index in [0.29, 0.717) is 18.4 Å². The Hall–Kier alpha value is -1.59. The van der Waals surface area contributed by atoms with Crippen molar-refractivity contribution < 1.29 is 17.9 Å². The zero-order chi connectivity index (χ0) is 12.0. The van der Waals surface area contributed by atoms with Crippen molar-refractivity contribution in [3.8, 4) is 5.75 Å². The molecule has 0 aromatic heterocycles. The predicted octanol–water partition coefficient (Wildman–Crippen LogP) is 3.28. The first-order valence-corrected chi connectivity index (χ1v) is 4.65. The van der Waals surface area contributed by atoms with Gasteiger partial charge < -0.3 is 4.74 Å². The number of hydrogen-bond donors (Lipinski definition) is 0. The van der Waals surface area contributed by atoms with Gasteiger partial charge in [-0.2, -0.15) is 4.91 Å². The van der Waals surface area contributed by atoms with Crippen molar-refractivity contribution in [1.29, 1.82) is 0 Å². The molecule has 0 fully saturated rings. The van der Waals surface area contributed by atoms with E-state index in [4.69, 9.17) is 0 Å². The minimum atomic E-state index is -4.68. The molecule has 0 bridgehead atoms. The van der Waals surface area contributed by atoms with Gasteiger partial charge in [0, 0.05) is 0 Å². The van der Waals surface area contributed by atoms with Gasteiger partial charge in [-0.3, -0.25) is 0 Å². The molecule has 0 aliphatic rings. The molecule has 0 atom stereocenters. The third kappa shape index (κ3) is 4.77. The lowest BCUT2D eigenvalue weighted by atomic mass is 10.1. The van der Waals surface area contributed by atoms with Gasteiger partial charge in [0.2, 0.25) is 0 Å². The van der Waals surface area contributed by atoms with Gasteiger partial charge in [-0.1, -0.05) is 17.3 Å². The molecule has 0 unspecified atom stereocenters. The van der Waals surface area contributed by atoms with Crippen LogP contribution in [0.3, 0.4) is 0 Å². The van der Waals surface area contributed by atoms with Crippen LogP contribution in [0.5, 0.6) is 5.75 Å². The van der Waals surface area contributed by atoms with Gasteiger partial charge in [-0.25, -0.2) is 0 Å². The van der Waals surface area contributed by atoms with E-state index in [2.05, 4.69) is 9.91 Å². The molecule has 0 N–H and O–H groups in total. The number of benzene rings is 1. The molecular weight excluding hydrogens is 223 g/mol. The number of hydrogen-bond acceptors (Lipinski definition) is 3. The molecule has 0 aliphatic heterocycles. The van der Waals surface area contributed by atoms with E-state index >= 15 is 0 Å². The topological polar surface area (TPSA) is 38.7 Å². The summed E-state index contributed by atoms with van der Waals surface area (Å²) in [6, 6.07) is 5.69. The van der Waals surface area contributed by atoms with E-state index in [9.17, 15) is 18.1 Å². The fourth-order valence-electron chi connectivity index (χ4n) is 1.25. The second-order valence-corrected chi connectivity index (χ2v) is 3.15. The number of rotatable bonds is 5. The van der Waals surface area contributed by atoms with Crippen LogP contribution in [0.4, 0.5) is 13.2 Å². The zero-order valence-corrected chi connectivity index (χ0v) is 8.33. The first-order valence-electron chi connectivity index (χ1n) is 4.65. The van der Waals surface area contributed by atoms with Crippen LogP contribution in [-0.2, 0) is 6.42 Å². The highest BCUT2D eigenvalue weighted by Crippen LogP contribution is 2.23. The number of aryl methyl sites for hydroxylation is 1. The van der Waals surface area contributed by atoms with Crippen molar-refractivity contribution in [2.45, 2.75) is 19.2 Å². The van der Waals surface area contributed by atoms with Gasteiger partial charge in [0.1, 0.15) is 5.75 Å². The molecule has 0 amide bonds. The number of halogens is 3. The van der Waals surface area contributed by atoms with E-state index in [1.807, 2.05) is 0 Å². The molecule has 0 saturated heterocycles. The average molecular weight is 233 g/mol.